The molecule has 0 aromatic heterocycles. The van der Waals surface area contributed by atoms with Crippen molar-refractivity contribution in [3.63, 3.8) is 0 Å². The SMILES string of the molecule is COc1cccc2c1C(=O)c1c(O)c3c(c(O)c1C2=O)CC(O)(C(C)=O)C[C@@H]3OC1C[C@H](N=C(C)N2CCCCCC2)C(O)C(C)O1.Cl. The van der Waals surface area contributed by atoms with Gasteiger partial charge in [-0.15, -0.1) is 12.4 Å². The van der Waals surface area contributed by atoms with Gasteiger partial charge in [0, 0.05) is 49.0 Å². The van der Waals surface area contributed by atoms with E-state index in [0.717, 1.165) is 44.6 Å². The molecule has 0 saturated carbocycles. The van der Waals surface area contributed by atoms with Crippen LogP contribution in [0, 0.1) is 0 Å². The van der Waals surface area contributed by atoms with Crippen LogP contribution >= 0.6 is 12.4 Å². The highest BCUT2D eigenvalue weighted by Crippen LogP contribution is 2.52. The van der Waals surface area contributed by atoms with Crippen LogP contribution in [0.4, 0.5) is 0 Å². The number of aliphatic hydroxyl groups excluding tert-OH is 1. The van der Waals surface area contributed by atoms with E-state index < -0.39 is 82.6 Å². The highest BCUT2D eigenvalue weighted by atomic mass is 35.5. The monoisotopic (exact) mass is 686 g/mol. The molecule has 6 atom stereocenters. The number of methoxy groups -OCH3 is 1. The van der Waals surface area contributed by atoms with Gasteiger partial charge >= 0.3 is 0 Å². The Hall–Kier alpha value is -3.55. The topological polar surface area (TPSA) is 175 Å². The fraction of sp³-hybridized carbons (Fsp3) is 0.543. The first kappa shape index (κ1) is 35.7. The average molecular weight is 687 g/mol. The normalized spacial score (nSPS) is 28.8. The number of aliphatic imine (C=N–C) groups is 1. The van der Waals surface area contributed by atoms with E-state index in [9.17, 15) is 34.8 Å². The number of phenols is 2. The summed E-state index contributed by atoms with van der Waals surface area (Å²) in [6.07, 6.45) is -0.00167. The minimum atomic E-state index is -2.01. The minimum Gasteiger partial charge on any atom is -0.507 e. The second kappa shape index (κ2) is 13.8. The van der Waals surface area contributed by atoms with Crippen LogP contribution in [0.2, 0.25) is 0 Å². The number of ketones is 3. The van der Waals surface area contributed by atoms with Crippen molar-refractivity contribution < 1.29 is 49.0 Å². The third-order valence-electron chi connectivity index (χ3n) is 10.1. The molecule has 0 amide bonds. The first-order valence-corrected chi connectivity index (χ1v) is 16.2. The molecular weight excluding hydrogens is 644 g/mol. The summed E-state index contributed by atoms with van der Waals surface area (Å²) in [7, 11) is 1.36. The molecule has 4 aliphatic rings. The Morgan fingerprint density at radius 2 is 1.69 bits per heavy atom. The number of phenolic OH excluding ortho intramolecular Hbond substituents is 2. The summed E-state index contributed by atoms with van der Waals surface area (Å²) in [6, 6.07) is 3.90. The van der Waals surface area contributed by atoms with E-state index in [1.54, 1.807) is 6.92 Å². The molecule has 6 rings (SSSR count). The number of aliphatic hydroxyl groups is 2. The van der Waals surface area contributed by atoms with E-state index >= 15 is 0 Å². The molecule has 2 aromatic carbocycles. The van der Waals surface area contributed by atoms with Crippen molar-refractivity contribution in [2.24, 2.45) is 4.99 Å². The number of benzene rings is 2. The lowest BCUT2D eigenvalue weighted by molar-refractivity contribution is -0.247. The van der Waals surface area contributed by atoms with Crippen LogP contribution in [0.25, 0.3) is 0 Å². The Bertz CT molecular complexity index is 1650. The van der Waals surface area contributed by atoms with Gasteiger partial charge in [-0.1, -0.05) is 25.0 Å². The largest absolute Gasteiger partial charge is 0.507 e. The van der Waals surface area contributed by atoms with Crippen molar-refractivity contribution in [2.75, 3.05) is 20.2 Å². The highest BCUT2D eigenvalue weighted by molar-refractivity contribution is 6.31. The number of amidine groups is 1. The fourth-order valence-electron chi connectivity index (χ4n) is 7.44. The van der Waals surface area contributed by atoms with Crippen LogP contribution in [0.5, 0.6) is 17.2 Å². The zero-order valence-electron chi connectivity index (χ0n) is 27.5. The van der Waals surface area contributed by atoms with Gasteiger partial charge in [0.2, 0.25) is 5.78 Å². The zero-order chi connectivity index (χ0) is 33.8. The van der Waals surface area contributed by atoms with Crippen molar-refractivity contribution in [3.05, 3.63) is 51.6 Å². The molecule has 13 heteroatoms. The molecule has 4 N–H and O–H groups in total. The molecule has 0 bridgehead atoms. The average Bonchev–Trinajstić information content (AvgIpc) is 3.33. The molecule has 260 valence electrons. The first-order valence-electron chi connectivity index (χ1n) is 16.2. The summed E-state index contributed by atoms with van der Waals surface area (Å²) in [5, 5.41) is 45.8. The Kier molecular flexibility index (Phi) is 10.2. The lowest BCUT2D eigenvalue weighted by Gasteiger charge is -2.42. The standard InChI is InChI=1S/C35H42N2O10.ClH/c1-17-30(39)22(36-19(3)37-12-7-5-6-8-13-37)14-25(46-17)47-24-16-35(44,18(2)38)15-21-27(24)34(43)29-28(32(21)41)31(40)20-10-9-11-23(45-4)26(20)33(29)42;/h9-11,17,22,24-25,30,39,41,43-44H,5-8,12-16H2,1-4H3;1H/t17?,22-,24-,25?,30?,35?;/m0./s1. The highest BCUT2D eigenvalue weighted by Gasteiger charge is 2.49. The van der Waals surface area contributed by atoms with E-state index in [1.165, 1.54) is 32.2 Å². The summed E-state index contributed by atoms with van der Waals surface area (Å²) < 4.78 is 17.7. The van der Waals surface area contributed by atoms with E-state index in [0.29, 0.717) is 0 Å². The third-order valence-corrected chi connectivity index (χ3v) is 10.1. The second-order valence-electron chi connectivity index (χ2n) is 13.1. The number of ether oxygens (including phenoxy) is 3. The summed E-state index contributed by atoms with van der Waals surface area (Å²) in [6.45, 7) is 6.60. The van der Waals surface area contributed by atoms with E-state index in [-0.39, 0.29) is 53.3 Å². The van der Waals surface area contributed by atoms with Crippen LogP contribution in [0.15, 0.2) is 23.2 Å². The molecular formula is C35H43ClN2O10. The number of likely N-dealkylation sites (tertiary alicyclic amines) is 1. The molecule has 2 aliphatic heterocycles. The van der Waals surface area contributed by atoms with Crippen LogP contribution in [-0.2, 0) is 20.7 Å². The molecule has 12 nitrogen and oxygen atoms in total. The van der Waals surface area contributed by atoms with E-state index in [1.807, 2.05) is 6.92 Å². The number of hydrogen-bond donors (Lipinski definition) is 4. The number of nitrogens with zero attached hydrogens (tertiary/aromatic N) is 2. The molecule has 4 unspecified atom stereocenters. The number of halogens is 1. The molecule has 2 aromatic rings. The number of carbonyl (C=O) groups is 3. The van der Waals surface area contributed by atoms with Crippen molar-refractivity contribution in [1.82, 2.24) is 4.90 Å². The maximum absolute atomic E-state index is 13.9. The van der Waals surface area contributed by atoms with Gasteiger partial charge in [-0.05, 0) is 39.7 Å². The number of aromatic hydroxyl groups is 2. The predicted octanol–water partition coefficient (Wildman–Crippen LogP) is 3.79. The maximum Gasteiger partial charge on any atom is 0.202 e. The Labute approximate surface area is 285 Å². The van der Waals surface area contributed by atoms with Gasteiger partial charge in [0.15, 0.2) is 17.9 Å². The van der Waals surface area contributed by atoms with Gasteiger partial charge in [0.1, 0.15) is 29.0 Å². The summed E-state index contributed by atoms with van der Waals surface area (Å²) in [5.74, 6) is -2.30. The molecule has 0 spiro atoms. The Morgan fingerprint density at radius 3 is 2.33 bits per heavy atom. The van der Waals surface area contributed by atoms with Crippen molar-refractivity contribution in [1.29, 1.82) is 0 Å². The number of carbonyl (C=O) groups excluding carboxylic acids is 3. The van der Waals surface area contributed by atoms with Gasteiger partial charge in [-0.3, -0.25) is 19.4 Å². The van der Waals surface area contributed by atoms with Crippen molar-refractivity contribution >= 4 is 35.6 Å². The summed E-state index contributed by atoms with van der Waals surface area (Å²) in [5.41, 5.74) is -2.98. The lowest BCUT2D eigenvalue weighted by Crippen LogP contribution is -2.49. The number of rotatable bonds is 5. The summed E-state index contributed by atoms with van der Waals surface area (Å²) >= 11 is 0. The molecule has 2 saturated heterocycles. The number of fused-ring (bicyclic) bond motifs is 3. The minimum absolute atomic E-state index is 0. The van der Waals surface area contributed by atoms with Gasteiger partial charge in [0.25, 0.3) is 0 Å². The lowest BCUT2D eigenvalue weighted by atomic mass is 9.72. The van der Waals surface area contributed by atoms with Crippen LogP contribution in [0.1, 0.15) is 108 Å². The Morgan fingerprint density at radius 1 is 1.02 bits per heavy atom. The smallest absolute Gasteiger partial charge is 0.202 e. The van der Waals surface area contributed by atoms with E-state index in [4.69, 9.17) is 19.2 Å². The number of Topliss-reactive ketones (excluding diaryl/α,β-unsaturated/α-hetero) is 1. The molecule has 2 fully saturated rings. The predicted molar refractivity (Wildman–Crippen MR) is 177 cm³/mol. The van der Waals surface area contributed by atoms with Gasteiger partial charge in [-0.25, -0.2) is 0 Å². The zero-order valence-corrected chi connectivity index (χ0v) is 28.3. The second-order valence-corrected chi connectivity index (χ2v) is 13.1. The maximum atomic E-state index is 13.9. The number of hydrogen-bond acceptors (Lipinski definition) is 11. The Balaban J connectivity index is 0.00000451. The molecule has 2 aliphatic carbocycles. The third kappa shape index (κ3) is 6.09. The molecule has 2 heterocycles. The van der Waals surface area contributed by atoms with Crippen LogP contribution < -0.4 is 4.74 Å². The fourth-order valence-corrected chi connectivity index (χ4v) is 7.44. The van der Waals surface area contributed by atoms with Crippen molar-refractivity contribution in [3.8, 4) is 17.2 Å². The van der Waals surface area contributed by atoms with Crippen LogP contribution in [0.3, 0.4) is 0 Å². The van der Waals surface area contributed by atoms with Crippen LogP contribution in [-0.4, -0.2) is 98.9 Å². The van der Waals surface area contributed by atoms with Crippen molar-refractivity contribution in [2.45, 2.75) is 102 Å². The molecule has 48 heavy (non-hydrogen) atoms. The first-order chi connectivity index (χ1) is 22.4. The quantitative estimate of drug-likeness (QED) is 0.175. The van der Waals surface area contributed by atoms with Gasteiger partial charge in [0.05, 0.1) is 47.9 Å². The summed E-state index contributed by atoms with van der Waals surface area (Å²) in [4.78, 5) is 47.4. The van der Waals surface area contributed by atoms with E-state index in [2.05, 4.69) is 4.90 Å². The molecule has 0 radical (unpaired) electrons. The van der Waals surface area contributed by atoms with Gasteiger partial charge in [-0.2, -0.15) is 0 Å². The van der Waals surface area contributed by atoms with Gasteiger partial charge < -0.3 is 39.5 Å².